The van der Waals surface area contributed by atoms with Crippen LogP contribution in [0.4, 0.5) is 0 Å². The summed E-state index contributed by atoms with van der Waals surface area (Å²) in [5.74, 6) is -1.67. The number of benzene rings is 2. The summed E-state index contributed by atoms with van der Waals surface area (Å²) in [5.41, 5.74) is -0.687. The molecule has 0 amide bonds. The zero-order valence-corrected chi connectivity index (χ0v) is 19.7. The summed E-state index contributed by atoms with van der Waals surface area (Å²) in [6, 6.07) is 18.8. The van der Waals surface area contributed by atoms with Crippen molar-refractivity contribution in [3.8, 4) is 10.4 Å². The number of ether oxygens (including phenoxy) is 1. The molecule has 2 aromatic carbocycles. The second kappa shape index (κ2) is 8.40. The van der Waals surface area contributed by atoms with E-state index in [-0.39, 0.29) is 17.2 Å². The van der Waals surface area contributed by atoms with E-state index in [1.165, 1.54) is 6.07 Å². The zero-order valence-electron chi connectivity index (χ0n) is 18.1. The third kappa shape index (κ3) is 4.07. The van der Waals surface area contributed by atoms with Gasteiger partial charge in [0.05, 0.1) is 12.2 Å². The minimum Gasteiger partial charge on any atom is -0.480 e. The first-order chi connectivity index (χ1) is 15.6. The van der Waals surface area contributed by atoms with Crippen LogP contribution in [-0.4, -0.2) is 37.6 Å². The summed E-state index contributed by atoms with van der Waals surface area (Å²) in [6.07, 6.45) is 0.151. The Balaban J connectivity index is 1.62. The quantitative estimate of drug-likeness (QED) is 0.466. The Hall–Kier alpha value is -3.01. The highest BCUT2D eigenvalue weighted by molar-refractivity contribution is 7.91. The predicted octanol–water partition coefficient (Wildman–Crippen LogP) is 4.06. The highest BCUT2D eigenvalue weighted by atomic mass is 32.2. The normalized spacial score (nSPS) is 22.0. The van der Waals surface area contributed by atoms with Gasteiger partial charge in [-0.25, -0.2) is 13.2 Å². The van der Waals surface area contributed by atoms with Crippen LogP contribution in [-0.2, 0) is 25.0 Å². The molecular weight excluding hydrogens is 462 g/mol. The molecular formula is C24H23NO6S2. The second-order valence-corrected chi connectivity index (χ2v) is 11.1. The molecule has 0 spiro atoms. The molecule has 1 aliphatic carbocycles. The number of hydrogen-bond acceptors (Lipinski definition) is 6. The number of aliphatic carboxylic acids is 1. The number of rotatable bonds is 8. The highest BCUT2D eigenvalue weighted by Gasteiger charge is 2.72. The molecule has 2 unspecified atom stereocenters. The van der Waals surface area contributed by atoms with E-state index in [4.69, 9.17) is 4.74 Å². The first kappa shape index (κ1) is 23.2. The van der Waals surface area contributed by atoms with Gasteiger partial charge in [0.15, 0.2) is 0 Å². The highest BCUT2D eigenvalue weighted by Crippen LogP contribution is 2.58. The van der Waals surface area contributed by atoms with Gasteiger partial charge in [-0.2, -0.15) is 4.72 Å². The maximum absolute atomic E-state index is 13.2. The smallest absolute Gasteiger partial charge is 0.338 e. The summed E-state index contributed by atoms with van der Waals surface area (Å²) in [5, 5.41) is 9.95. The Morgan fingerprint density at radius 1 is 1.09 bits per heavy atom. The Kier molecular flexibility index (Phi) is 5.90. The fourth-order valence-corrected chi connectivity index (χ4v) is 6.82. The lowest BCUT2D eigenvalue weighted by Crippen LogP contribution is -2.47. The fraction of sp³-hybridized carbons (Fsp3) is 0.250. The molecule has 2 atom stereocenters. The van der Waals surface area contributed by atoms with Crippen molar-refractivity contribution < 1.29 is 27.9 Å². The standard InChI is InChI=1S/C24H23NO6S2/c1-3-31-21(26)17-9-7-8-16(14-17)19-12-13-20(32-19)33(29,30)25-24(22(27)28)15-23(24,2)18-10-5-4-6-11-18/h4-14,25H,3,15H2,1-2H3,(H,27,28). The Morgan fingerprint density at radius 3 is 2.48 bits per heavy atom. The number of esters is 1. The SMILES string of the molecule is CCOC(=O)c1cccc(-c2ccc(S(=O)(=O)NC3(C(=O)O)CC3(C)c3ccccc3)s2)c1. The monoisotopic (exact) mass is 485 g/mol. The molecule has 1 heterocycles. The van der Waals surface area contributed by atoms with E-state index in [2.05, 4.69) is 4.72 Å². The van der Waals surface area contributed by atoms with E-state index in [0.29, 0.717) is 16.0 Å². The van der Waals surface area contributed by atoms with Crippen LogP contribution in [0.3, 0.4) is 0 Å². The zero-order chi connectivity index (χ0) is 23.9. The first-order valence-electron chi connectivity index (χ1n) is 10.3. The molecule has 33 heavy (non-hydrogen) atoms. The Morgan fingerprint density at radius 2 is 1.82 bits per heavy atom. The van der Waals surface area contributed by atoms with Crippen molar-refractivity contribution in [1.82, 2.24) is 4.72 Å². The van der Waals surface area contributed by atoms with Gasteiger partial charge in [-0.05, 0) is 48.7 Å². The molecule has 4 rings (SSSR count). The van der Waals surface area contributed by atoms with Crippen molar-refractivity contribution in [2.24, 2.45) is 0 Å². The fourth-order valence-electron chi connectivity index (χ4n) is 4.06. The molecule has 7 nitrogen and oxygen atoms in total. The van der Waals surface area contributed by atoms with Crippen molar-refractivity contribution in [2.75, 3.05) is 6.61 Å². The minimum atomic E-state index is -4.11. The second-order valence-electron chi connectivity index (χ2n) is 8.11. The van der Waals surface area contributed by atoms with Gasteiger partial charge in [0.1, 0.15) is 9.75 Å². The summed E-state index contributed by atoms with van der Waals surface area (Å²) in [7, 11) is -4.11. The Bertz CT molecular complexity index is 1320. The van der Waals surface area contributed by atoms with Gasteiger partial charge in [-0.1, -0.05) is 49.4 Å². The average Bonchev–Trinajstić information content (AvgIpc) is 3.15. The van der Waals surface area contributed by atoms with Gasteiger partial charge in [0.2, 0.25) is 0 Å². The van der Waals surface area contributed by atoms with Crippen molar-refractivity contribution in [3.05, 3.63) is 77.9 Å². The van der Waals surface area contributed by atoms with E-state index >= 15 is 0 Å². The predicted molar refractivity (Wildman–Crippen MR) is 125 cm³/mol. The molecule has 0 bridgehead atoms. The van der Waals surface area contributed by atoms with Gasteiger partial charge < -0.3 is 9.84 Å². The van der Waals surface area contributed by atoms with E-state index in [9.17, 15) is 23.1 Å². The van der Waals surface area contributed by atoms with Gasteiger partial charge in [-0.3, -0.25) is 4.79 Å². The summed E-state index contributed by atoms with van der Waals surface area (Å²) in [6.45, 7) is 3.72. The van der Waals surface area contributed by atoms with Gasteiger partial charge >= 0.3 is 11.9 Å². The Labute approximate surface area is 196 Å². The average molecular weight is 486 g/mol. The lowest BCUT2D eigenvalue weighted by Gasteiger charge is -2.20. The van der Waals surface area contributed by atoms with Crippen LogP contribution in [0.5, 0.6) is 0 Å². The molecule has 1 aromatic heterocycles. The molecule has 1 aliphatic rings. The molecule has 2 N–H and O–H groups in total. The minimum absolute atomic E-state index is 0.00183. The van der Waals surface area contributed by atoms with Gasteiger partial charge in [-0.15, -0.1) is 11.3 Å². The largest absolute Gasteiger partial charge is 0.480 e. The number of nitrogens with one attached hydrogen (secondary N) is 1. The van der Waals surface area contributed by atoms with Crippen molar-refractivity contribution in [1.29, 1.82) is 0 Å². The van der Waals surface area contributed by atoms with Crippen LogP contribution in [0.1, 0.15) is 36.2 Å². The lowest BCUT2D eigenvalue weighted by atomic mass is 9.93. The topological polar surface area (TPSA) is 110 Å². The number of thiophene rings is 1. The molecule has 0 saturated heterocycles. The molecule has 9 heteroatoms. The molecule has 3 aromatic rings. The van der Waals surface area contributed by atoms with Crippen molar-refractivity contribution in [3.63, 3.8) is 0 Å². The van der Waals surface area contributed by atoms with E-state index in [0.717, 1.165) is 16.9 Å². The van der Waals surface area contributed by atoms with Crippen LogP contribution in [0.25, 0.3) is 10.4 Å². The number of carboxylic acids is 1. The number of carboxylic acid groups (broad SMARTS) is 1. The molecule has 1 saturated carbocycles. The van der Waals surface area contributed by atoms with Crippen molar-refractivity contribution >= 4 is 33.3 Å². The van der Waals surface area contributed by atoms with Crippen molar-refractivity contribution in [2.45, 2.75) is 35.4 Å². The van der Waals surface area contributed by atoms with Gasteiger partial charge in [0, 0.05) is 10.3 Å². The number of carbonyl (C=O) groups excluding carboxylic acids is 1. The van der Waals surface area contributed by atoms with E-state index in [1.807, 2.05) is 6.07 Å². The van der Waals surface area contributed by atoms with Gasteiger partial charge in [0.25, 0.3) is 10.0 Å². The van der Waals surface area contributed by atoms with E-state index < -0.39 is 32.9 Å². The van der Waals surface area contributed by atoms with Crippen LogP contribution < -0.4 is 4.72 Å². The summed E-state index contributed by atoms with van der Waals surface area (Å²) < 4.78 is 33.8. The molecule has 0 radical (unpaired) electrons. The summed E-state index contributed by atoms with van der Waals surface area (Å²) >= 11 is 1.01. The third-order valence-electron chi connectivity index (χ3n) is 6.02. The molecule has 172 valence electrons. The lowest BCUT2D eigenvalue weighted by molar-refractivity contribution is -0.140. The van der Waals surface area contributed by atoms with Crippen LogP contribution in [0.15, 0.2) is 70.9 Å². The number of carbonyl (C=O) groups is 2. The summed E-state index contributed by atoms with van der Waals surface area (Å²) in [4.78, 5) is 24.8. The molecule has 0 aliphatic heterocycles. The number of sulfonamides is 1. The van der Waals surface area contributed by atoms with Crippen LogP contribution in [0, 0.1) is 0 Å². The van der Waals surface area contributed by atoms with Crippen LogP contribution in [0.2, 0.25) is 0 Å². The third-order valence-corrected chi connectivity index (χ3v) is 9.14. The van der Waals surface area contributed by atoms with Crippen LogP contribution >= 0.6 is 11.3 Å². The maximum atomic E-state index is 13.2. The van der Waals surface area contributed by atoms with E-state index in [1.54, 1.807) is 68.4 Å². The number of hydrogen-bond donors (Lipinski definition) is 2. The maximum Gasteiger partial charge on any atom is 0.338 e. The first-order valence-corrected chi connectivity index (χ1v) is 12.6. The molecule has 1 fully saturated rings.